The average molecular weight is 629 g/mol. The number of nitrogens with zero attached hydrogens (tertiary/aromatic N) is 2. The van der Waals surface area contributed by atoms with Crippen LogP contribution in [0.25, 0.3) is 60.7 Å². The van der Waals surface area contributed by atoms with Gasteiger partial charge in [-0.05, 0) is 69.6 Å². The van der Waals surface area contributed by atoms with Gasteiger partial charge in [0, 0.05) is 21.9 Å². The highest BCUT2D eigenvalue weighted by Crippen LogP contribution is 2.36. The summed E-state index contributed by atoms with van der Waals surface area (Å²) in [5, 5.41) is 4.64. The van der Waals surface area contributed by atoms with Gasteiger partial charge in [0.2, 0.25) is 0 Å². The van der Waals surface area contributed by atoms with E-state index in [1.165, 1.54) is 27.5 Å². The van der Waals surface area contributed by atoms with Gasteiger partial charge in [0.1, 0.15) is 11.2 Å². The van der Waals surface area contributed by atoms with E-state index in [2.05, 4.69) is 152 Å². The zero-order chi connectivity index (χ0) is 32.6. The summed E-state index contributed by atoms with van der Waals surface area (Å²) in [6.07, 6.45) is 3.83. The minimum Gasteiger partial charge on any atom is -0.455 e. The molecule has 9 rings (SSSR count). The quantitative estimate of drug-likeness (QED) is 0.187. The normalized spacial score (nSPS) is 16.7. The van der Waals surface area contributed by atoms with Crippen molar-refractivity contribution in [1.29, 1.82) is 0 Å². The monoisotopic (exact) mass is 628 g/mol. The zero-order valence-electron chi connectivity index (χ0n) is 26.9. The van der Waals surface area contributed by atoms with E-state index >= 15 is 0 Å². The van der Waals surface area contributed by atoms with Gasteiger partial charge >= 0.3 is 0 Å². The Morgan fingerprint density at radius 1 is 0.449 bits per heavy atom. The zero-order valence-corrected chi connectivity index (χ0v) is 26.9. The van der Waals surface area contributed by atoms with E-state index in [0.717, 1.165) is 68.4 Å². The van der Waals surface area contributed by atoms with Crippen LogP contribution in [-0.4, -0.2) is 11.5 Å². The second-order valence-electron chi connectivity index (χ2n) is 12.5. The summed E-state index contributed by atoms with van der Waals surface area (Å²) in [7, 11) is 0. The van der Waals surface area contributed by atoms with Crippen LogP contribution in [0.2, 0.25) is 0 Å². The first-order valence-electron chi connectivity index (χ1n) is 16.8. The van der Waals surface area contributed by atoms with Gasteiger partial charge in [-0.15, -0.1) is 0 Å². The Balaban J connectivity index is 1.19. The molecule has 0 aliphatic carbocycles. The maximum absolute atomic E-state index is 6.46. The molecule has 1 aliphatic heterocycles. The van der Waals surface area contributed by atoms with Crippen LogP contribution in [0.1, 0.15) is 29.5 Å². The van der Waals surface area contributed by atoms with E-state index in [1.54, 1.807) is 0 Å². The van der Waals surface area contributed by atoms with Crippen LogP contribution in [-0.2, 0) is 0 Å². The Bertz CT molecular complexity index is 2580. The molecule has 0 unspecified atom stereocenters. The van der Waals surface area contributed by atoms with Gasteiger partial charge in [-0.3, -0.25) is 0 Å². The fourth-order valence-corrected chi connectivity index (χ4v) is 6.96. The fourth-order valence-electron chi connectivity index (χ4n) is 6.96. The molecular weight excluding hydrogens is 597 g/mol. The van der Waals surface area contributed by atoms with Crippen molar-refractivity contribution in [3.8, 4) is 22.3 Å². The minimum atomic E-state index is 0.684. The summed E-state index contributed by atoms with van der Waals surface area (Å²) < 4.78 is 6.46. The number of para-hydroxylation sites is 2. The molecule has 8 aromatic rings. The molecule has 0 saturated heterocycles. The molecule has 1 aromatic heterocycles. The second kappa shape index (κ2) is 12.4. The van der Waals surface area contributed by atoms with E-state index in [9.17, 15) is 0 Å². The van der Waals surface area contributed by atoms with Gasteiger partial charge in [0.15, 0.2) is 5.84 Å². The van der Waals surface area contributed by atoms with E-state index in [-0.39, 0.29) is 0 Å². The molecule has 0 N–H and O–H groups in total. The maximum atomic E-state index is 6.46. The number of hydrogen-bond acceptors (Lipinski definition) is 3. The molecule has 3 nitrogen and oxygen atoms in total. The number of fused-ring (bicyclic) bond motifs is 4. The Kier molecular flexibility index (Phi) is 7.29. The highest BCUT2D eigenvalue weighted by atomic mass is 16.3. The molecule has 49 heavy (non-hydrogen) atoms. The molecule has 0 fully saturated rings. The minimum absolute atomic E-state index is 0.684. The van der Waals surface area contributed by atoms with Crippen LogP contribution < -0.4 is 0 Å². The van der Waals surface area contributed by atoms with Crippen molar-refractivity contribution < 1.29 is 4.42 Å². The molecule has 0 bridgehead atoms. The summed E-state index contributed by atoms with van der Waals surface area (Å²) in [5.41, 5.74) is 11.4. The number of allylic oxidation sites excluding steroid dienone is 1. The van der Waals surface area contributed by atoms with Gasteiger partial charge in [-0.1, -0.05) is 152 Å². The summed E-state index contributed by atoms with van der Waals surface area (Å²) in [5.74, 6) is 0.684. The van der Waals surface area contributed by atoms with Crippen molar-refractivity contribution in [3.63, 3.8) is 0 Å². The molecule has 7 aromatic carbocycles. The van der Waals surface area contributed by atoms with Gasteiger partial charge < -0.3 is 4.42 Å². The third-order valence-electron chi connectivity index (χ3n) is 9.41. The van der Waals surface area contributed by atoms with Crippen molar-refractivity contribution in [2.45, 2.75) is 12.8 Å². The average Bonchev–Trinajstić information content (AvgIpc) is 3.54. The second-order valence-corrected chi connectivity index (χ2v) is 12.5. The summed E-state index contributed by atoms with van der Waals surface area (Å²) in [4.78, 5) is 10.7. The predicted octanol–water partition coefficient (Wildman–Crippen LogP) is 12.1. The highest BCUT2D eigenvalue weighted by molar-refractivity contribution is 6.15. The van der Waals surface area contributed by atoms with Gasteiger partial charge in [-0.2, -0.15) is 0 Å². The molecule has 232 valence electrons. The molecule has 1 aliphatic rings. The number of aliphatic imine (C=N–C) groups is 2. The lowest BCUT2D eigenvalue weighted by Crippen LogP contribution is -2.09. The van der Waals surface area contributed by atoms with Crippen molar-refractivity contribution in [2.75, 3.05) is 0 Å². The predicted molar refractivity (Wildman–Crippen MR) is 205 cm³/mol. The molecular formula is C46H32N2O. The number of furan rings is 1. The van der Waals surface area contributed by atoms with E-state index in [1.807, 2.05) is 18.2 Å². The standard InChI is InChI=1S/C46H32N2O/c1-2-12-31(13-3-1)32-26-28-34(29-27-32)42-23-11-24-43(41-22-10-21-40-39-19-6-7-25-44(39)49-45(40)41)48-46(47-42)36-17-8-16-35(30-36)38-20-9-15-33-14-4-5-18-37(33)38/h1-10,12-22,24-30H,11,23H2/b43-24-,47-42+,48-46-. The number of amidine groups is 1. The third-order valence-corrected chi connectivity index (χ3v) is 9.41. The number of rotatable bonds is 5. The number of benzene rings is 7. The fraction of sp³-hybridized carbons (Fsp3) is 0.0435. The summed E-state index contributed by atoms with van der Waals surface area (Å²) in [6.45, 7) is 0. The lowest BCUT2D eigenvalue weighted by molar-refractivity contribution is 0.667. The molecule has 0 spiro atoms. The molecule has 0 amide bonds. The van der Waals surface area contributed by atoms with Crippen molar-refractivity contribution in [1.82, 2.24) is 0 Å². The van der Waals surface area contributed by atoms with Crippen LogP contribution in [0.3, 0.4) is 0 Å². The first-order chi connectivity index (χ1) is 24.3. The van der Waals surface area contributed by atoms with Crippen LogP contribution in [0.4, 0.5) is 0 Å². The topological polar surface area (TPSA) is 37.9 Å². The van der Waals surface area contributed by atoms with Gasteiger partial charge in [0.05, 0.1) is 11.4 Å². The van der Waals surface area contributed by atoms with Crippen molar-refractivity contribution >= 4 is 50.0 Å². The van der Waals surface area contributed by atoms with E-state index in [4.69, 9.17) is 14.4 Å². The third kappa shape index (κ3) is 5.46. The van der Waals surface area contributed by atoms with Crippen LogP contribution in [0.5, 0.6) is 0 Å². The summed E-state index contributed by atoms with van der Waals surface area (Å²) in [6, 6.07) is 57.4. The largest absolute Gasteiger partial charge is 0.455 e. The first kappa shape index (κ1) is 28.9. The molecule has 0 radical (unpaired) electrons. The van der Waals surface area contributed by atoms with Crippen LogP contribution in [0.15, 0.2) is 184 Å². The lowest BCUT2D eigenvalue weighted by Gasteiger charge is -2.15. The smallest absolute Gasteiger partial charge is 0.160 e. The van der Waals surface area contributed by atoms with Gasteiger partial charge in [0.25, 0.3) is 0 Å². The van der Waals surface area contributed by atoms with Crippen LogP contribution in [0, 0.1) is 0 Å². The highest BCUT2D eigenvalue weighted by Gasteiger charge is 2.18. The van der Waals surface area contributed by atoms with Crippen LogP contribution >= 0.6 is 0 Å². The Morgan fingerprint density at radius 2 is 1.08 bits per heavy atom. The first-order valence-corrected chi connectivity index (χ1v) is 16.8. The number of hydrogen-bond donors (Lipinski definition) is 0. The molecule has 0 saturated carbocycles. The Morgan fingerprint density at radius 3 is 1.98 bits per heavy atom. The van der Waals surface area contributed by atoms with Gasteiger partial charge in [-0.25, -0.2) is 9.98 Å². The van der Waals surface area contributed by atoms with Crippen molar-refractivity contribution in [2.24, 2.45) is 9.98 Å². The maximum Gasteiger partial charge on any atom is 0.160 e. The molecule has 3 heteroatoms. The Labute approximate surface area is 285 Å². The SMILES string of the molecule is C1=C(c2cccc3c2oc2ccccc23)/N=C(c2cccc(-c3cccc4ccccc34)c2)\N=C(\c2ccc(-c3ccccc3)cc2)CC\1. The van der Waals surface area contributed by atoms with Crippen molar-refractivity contribution in [3.05, 3.63) is 187 Å². The van der Waals surface area contributed by atoms with E-state index < -0.39 is 0 Å². The van der Waals surface area contributed by atoms with E-state index in [0.29, 0.717) is 5.84 Å². The lowest BCUT2D eigenvalue weighted by atomic mass is 9.96. The molecule has 2 heterocycles. The molecule has 0 atom stereocenters. The Hall–Kier alpha value is -6.32. The summed E-state index contributed by atoms with van der Waals surface area (Å²) >= 11 is 0.